The first-order valence-corrected chi connectivity index (χ1v) is 7.48. The normalized spacial score (nSPS) is 13.8. The van der Waals surface area contributed by atoms with Crippen molar-refractivity contribution in [1.29, 1.82) is 0 Å². The first-order chi connectivity index (χ1) is 10.3. The van der Waals surface area contributed by atoms with Gasteiger partial charge in [-0.25, -0.2) is 0 Å². The Bertz CT molecular complexity index is 626. The van der Waals surface area contributed by atoms with E-state index in [1.807, 2.05) is 31.2 Å². The zero-order valence-electron chi connectivity index (χ0n) is 12.2. The summed E-state index contributed by atoms with van der Waals surface area (Å²) in [5.41, 5.74) is 4.57. The van der Waals surface area contributed by atoms with Gasteiger partial charge in [-0.15, -0.1) is 0 Å². The van der Waals surface area contributed by atoms with Crippen molar-refractivity contribution >= 4 is 11.6 Å². The van der Waals surface area contributed by atoms with Gasteiger partial charge in [-0.1, -0.05) is 30.3 Å². The highest BCUT2D eigenvalue weighted by atomic mass is 16.1. The van der Waals surface area contributed by atoms with E-state index in [1.54, 1.807) is 0 Å². The number of nitrogens with one attached hydrogen (secondary N) is 2. The fraction of sp³-hybridized carbons (Fsp3) is 0.278. The molecule has 3 heteroatoms. The zero-order valence-corrected chi connectivity index (χ0v) is 12.2. The molecule has 0 radical (unpaired) electrons. The van der Waals surface area contributed by atoms with Gasteiger partial charge < -0.3 is 10.6 Å². The monoisotopic (exact) mass is 280 g/mol. The molecule has 3 rings (SSSR count). The highest BCUT2D eigenvalue weighted by Gasteiger charge is 2.20. The molecule has 1 aliphatic carbocycles. The number of hydrogen-bond donors (Lipinski definition) is 2. The first-order valence-electron chi connectivity index (χ1n) is 7.48. The van der Waals surface area contributed by atoms with Crippen LogP contribution in [0.1, 0.15) is 28.4 Å². The molecule has 2 aromatic rings. The Balaban J connectivity index is 1.69. The zero-order chi connectivity index (χ0) is 14.7. The van der Waals surface area contributed by atoms with Gasteiger partial charge in [0.1, 0.15) is 0 Å². The molecule has 0 heterocycles. The van der Waals surface area contributed by atoms with E-state index in [-0.39, 0.29) is 5.91 Å². The molecule has 0 spiro atoms. The van der Waals surface area contributed by atoms with Gasteiger partial charge in [0.2, 0.25) is 0 Å². The Kier molecular flexibility index (Phi) is 3.91. The topological polar surface area (TPSA) is 41.1 Å². The third kappa shape index (κ3) is 3.07. The minimum absolute atomic E-state index is 0.0177. The largest absolute Gasteiger partial charge is 0.382 e. The van der Waals surface area contributed by atoms with E-state index < -0.39 is 0 Å². The number of benzene rings is 2. The molecule has 0 bridgehead atoms. The van der Waals surface area contributed by atoms with Gasteiger partial charge in [-0.05, 0) is 49.1 Å². The highest BCUT2D eigenvalue weighted by Crippen LogP contribution is 2.24. The van der Waals surface area contributed by atoms with Crippen LogP contribution in [0.5, 0.6) is 0 Å². The lowest BCUT2D eigenvalue weighted by Crippen LogP contribution is -2.23. The standard InChI is InChI=1S/C18H20N2O/c1-2-19-18(21)15-8-5-9-16(12-15)20-17-10-13-6-3-4-7-14(13)11-17/h3-9,12,17,20H,2,10-11H2,1H3,(H,19,21). The van der Waals surface area contributed by atoms with Crippen molar-refractivity contribution < 1.29 is 4.79 Å². The summed E-state index contributed by atoms with van der Waals surface area (Å²) in [6.45, 7) is 2.57. The second-order valence-electron chi connectivity index (χ2n) is 5.46. The number of amides is 1. The van der Waals surface area contributed by atoms with Crippen LogP contribution in [0.25, 0.3) is 0 Å². The van der Waals surface area contributed by atoms with Crippen molar-refractivity contribution in [2.75, 3.05) is 11.9 Å². The molecule has 108 valence electrons. The van der Waals surface area contributed by atoms with E-state index in [0.29, 0.717) is 18.2 Å². The summed E-state index contributed by atoms with van der Waals surface area (Å²) in [4.78, 5) is 11.9. The molecule has 0 saturated heterocycles. The van der Waals surface area contributed by atoms with Crippen LogP contribution < -0.4 is 10.6 Å². The van der Waals surface area contributed by atoms with Gasteiger partial charge >= 0.3 is 0 Å². The van der Waals surface area contributed by atoms with Gasteiger partial charge in [-0.2, -0.15) is 0 Å². The SMILES string of the molecule is CCNC(=O)c1cccc(NC2Cc3ccccc3C2)c1. The molecule has 21 heavy (non-hydrogen) atoms. The summed E-state index contributed by atoms with van der Waals surface area (Å²) in [5, 5.41) is 6.38. The third-order valence-electron chi connectivity index (χ3n) is 3.88. The van der Waals surface area contributed by atoms with Crippen LogP contribution in [0.15, 0.2) is 48.5 Å². The number of rotatable bonds is 4. The second kappa shape index (κ2) is 6.00. The molecule has 0 aliphatic heterocycles. The molecule has 1 aliphatic rings. The predicted octanol–water partition coefficient (Wildman–Crippen LogP) is 3.02. The summed E-state index contributed by atoms with van der Waals surface area (Å²) < 4.78 is 0. The molecule has 0 atom stereocenters. The second-order valence-corrected chi connectivity index (χ2v) is 5.46. The van der Waals surface area contributed by atoms with Gasteiger partial charge in [0.15, 0.2) is 0 Å². The molecular formula is C18H20N2O. The molecule has 2 aromatic carbocycles. The van der Waals surface area contributed by atoms with Gasteiger partial charge in [0.25, 0.3) is 5.91 Å². The Morgan fingerprint density at radius 1 is 1.10 bits per heavy atom. The van der Waals surface area contributed by atoms with Crippen molar-refractivity contribution in [3.63, 3.8) is 0 Å². The molecular weight excluding hydrogens is 260 g/mol. The van der Waals surface area contributed by atoms with Crippen molar-refractivity contribution in [3.8, 4) is 0 Å². The minimum atomic E-state index is -0.0177. The third-order valence-corrected chi connectivity index (χ3v) is 3.88. The Hall–Kier alpha value is -2.29. The molecule has 1 amide bonds. The number of carbonyl (C=O) groups excluding carboxylic acids is 1. The summed E-state index contributed by atoms with van der Waals surface area (Å²) in [7, 11) is 0. The molecule has 3 nitrogen and oxygen atoms in total. The fourth-order valence-corrected chi connectivity index (χ4v) is 2.91. The number of hydrogen-bond acceptors (Lipinski definition) is 2. The highest BCUT2D eigenvalue weighted by molar-refractivity contribution is 5.95. The molecule has 0 aromatic heterocycles. The summed E-state index contributed by atoms with van der Waals surface area (Å²) in [6, 6.07) is 16.7. The number of fused-ring (bicyclic) bond motifs is 1. The fourth-order valence-electron chi connectivity index (χ4n) is 2.91. The predicted molar refractivity (Wildman–Crippen MR) is 85.7 cm³/mol. The lowest BCUT2D eigenvalue weighted by atomic mass is 10.1. The van der Waals surface area contributed by atoms with E-state index in [0.717, 1.165) is 18.5 Å². The maximum atomic E-state index is 11.9. The smallest absolute Gasteiger partial charge is 0.251 e. The van der Waals surface area contributed by atoms with Crippen LogP contribution >= 0.6 is 0 Å². The Labute approximate surface area is 125 Å². The van der Waals surface area contributed by atoms with Crippen molar-refractivity contribution in [1.82, 2.24) is 5.32 Å². The quantitative estimate of drug-likeness (QED) is 0.904. The lowest BCUT2D eigenvalue weighted by Gasteiger charge is -2.14. The summed E-state index contributed by atoms with van der Waals surface area (Å²) in [6.07, 6.45) is 2.09. The van der Waals surface area contributed by atoms with Crippen LogP contribution in [-0.2, 0) is 12.8 Å². The van der Waals surface area contributed by atoms with Crippen LogP contribution in [-0.4, -0.2) is 18.5 Å². The van der Waals surface area contributed by atoms with Gasteiger partial charge in [0.05, 0.1) is 0 Å². The van der Waals surface area contributed by atoms with Crippen LogP contribution in [0.3, 0.4) is 0 Å². The van der Waals surface area contributed by atoms with E-state index in [9.17, 15) is 4.79 Å². The maximum Gasteiger partial charge on any atom is 0.251 e. The summed E-state index contributed by atoms with van der Waals surface area (Å²) in [5.74, 6) is -0.0177. The van der Waals surface area contributed by atoms with Gasteiger partial charge in [-0.3, -0.25) is 4.79 Å². The molecule has 0 fully saturated rings. The van der Waals surface area contributed by atoms with E-state index in [1.165, 1.54) is 11.1 Å². The Morgan fingerprint density at radius 3 is 2.48 bits per heavy atom. The lowest BCUT2D eigenvalue weighted by molar-refractivity contribution is 0.0956. The van der Waals surface area contributed by atoms with E-state index >= 15 is 0 Å². The van der Waals surface area contributed by atoms with Crippen molar-refractivity contribution in [2.45, 2.75) is 25.8 Å². The average molecular weight is 280 g/mol. The number of carbonyl (C=O) groups is 1. The number of anilines is 1. The molecule has 2 N–H and O–H groups in total. The molecule has 0 saturated carbocycles. The molecule has 0 unspecified atom stereocenters. The summed E-state index contributed by atoms with van der Waals surface area (Å²) >= 11 is 0. The Morgan fingerprint density at radius 2 is 1.81 bits per heavy atom. The first kappa shape index (κ1) is 13.7. The van der Waals surface area contributed by atoms with Gasteiger partial charge in [0, 0.05) is 23.8 Å². The van der Waals surface area contributed by atoms with Crippen molar-refractivity contribution in [3.05, 3.63) is 65.2 Å². The van der Waals surface area contributed by atoms with E-state index in [2.05, 4.69) is 34.9 Å². The van der Waals surface area contributed by atoms with Crippen molar-refractivity contribution in [2.24, 2.45) is 0 Å². The van der Waals surface area contributed by atoms with Crippen LogP contribution in [0, 0.1) is 0 Å². The van der Waals surface area contributed by atoms with Crippen LogP contribution in [0.2, 0.25) is 0 Å². The van der Waals surface area contributed by atoms with Crippen LogP contribution in [0.4, 0.5) is 5.69 Å². The maximum absolute atomic E-state index is 11.9. The minimum Gasteiger partial charge on any atom is -0.382 e. The average Bonchev–Trinajstić information content (AvgIpc) is 2.90. The van der Waals surface area contributed by atoms with E-state index in [4.69, 9.17) is 0 Å².